The van der Waals surface area contributed by atoms with Gasteiger partial charge >= 0.3 is 0 Å². The van der Waals surface area contributed by atoms with Crippen LogP contribution in [-0.2, 0) is 13.1 Å². The summed E-state index contributed by atoms with van der Waals surface area (Å²) in [6.45, 7) is 7.21. The van der Waals surface area contributed by atoms with Gasteiger partial charge in [-0.25, -0.2) is 9.37 Å². The molecule has 21 heavy (non-hydrogen) atoms. The summed E-state index contributed by atoms with van der Waals surface area (Å²) in [6.07, 6.45) is 3.52. The van der Waals surface area contributed by atoms with Gasteiger partial charge in [0.2, 0.25) is 0 Å². The fraction of sp³-hybridized carbons (Fsp3) is 0.375. The summed E-state index contributed by atoms with van der Waals surface area (Å²) in [4.78, 5) is 4.30. The average Bonchev–Trinajstić information content (AvgIpc) is 2.85. The van der Waals surface area contributed by atoms with E-state index in [1.54, 1.807) is 18.3 Å². The van der Waals surface area contributed by atoms with E-state index in [9.17, 15) is 4.39 Å². The van der Waals surface area contributed by atoms with Gasteiger partial charge in [-0.1, -0.05) is 12.1 Å². The van der Waals surface area contributed by atoms with Gasteiger partial charge in [-0.05, 0) is 26.8 Å². The molecule has 0 saturated heterocycles. The van der Waals surface area contributed by atoms with Crippen molar-refractivity contribution in [1.82, 2.24) is 14.9 Å². The highest BCUT2D eigenvalue weighted by Gasteiger charge is 2.13. The van der Waals surface area contributed by atoms with Gasteiger partial charge in [0.1, 0.15) is 17.7 Å². The Morgan fingerprint density at radius 3 is 2.81 bits per heavy atom. The molecule has 0 aliphatic carbocycles. The second-order valence-corrected chi connectivity index (χ2v) is 5.97. The number of imidazole rings is 1. The molecule has 0 atom stereocenters. The van der Waals surface area contributed by atoms with Gasteiger partial charge in [0.25, 0.3) is 0 Å². The highest BCUT2D eigenvalue weighted by Crippen LogP contribution is 2.14. The third-order valence-electron chi connectivity index (χ3n) is 3.12. The van der Waals surface area contributed by atoms with Crippen LogP contribution in [0.1, 0.15) is 37.7 Å². The van der Waals surface area contributed by atoms with Gasteiger partial charge in [-0.2, -0.15) is 5.26 Å². The van der Waals surface area contributed by atoms with Crippen LogP contribution in [0.25, 0.3) is 0 Å². The van der Waals surface area contributed by atoms with Crippen LogP contribution in [-0.4, -0.2) is 15.1 Å². The van der Waals surface area contributed by atoms with Gasteiger partial charge in [0.15, 0.2) is 0 Å². The normalized spacial score (nSPS) is 11.4. The van der Waals surface area contributed by atoms with Crippen LogP contribution in [0.3, 0.4) is 0 Å². The summed E-state index contributed by atoms with van der Waals surface area (Å²) in [7, 11) is 0. The third kappa shape index (κ3) is 3.89. The standard InChI is InChI=1S/C16H19FN4/c1-16(2,3)20-10-14-19-7-8-21(14)11-13-6-4-5-12(9-18)15(13)17/h4-8,20H,10-11H2,1-3H3. The molecule has 0 saturated carbocycles. The average molecular weight is 286 g/mol. The maximum absolute atomic E-state index is 14.1. The predicted molar refractivity (Wildman–Crippen MR) is 79.0 cm³/mol. The highest BCUT2D eigenvalue weighted by atomic mass is 19.1. The number of benzene rings is 1. The van der Waals surface area contributed by atoms with Gasteiger partial charge in [-0.3, -0.25) is 0 Å². The van der Waals surface area contributed by atoms with Gasteiger partial charge in [-0.15, -0.1) is 0 Å². The summed E-state index contributed by atoms with van der Waals surface area (Å²) in [6, 6.07) is 6.73. The molecule has 0 amide bonds. The third-order valence-corrected chi connectivity index (χ3v) is 3.12. The molecule has 0 aliphatic heterocycles. The molecule has 110 valence electrons. The zero-order valence-electron chi connectivity index (χ0n) is 12.5. The van der Waals surface area contributed by atoms with E-state index in [0.29, 0.717) is 18.7 Å². The Labute approximate surface area is 124 Å². The van der Waals surface area contributed by atoms with Crippen LogP contribution in [0.2, 0.25) is 0 Å². The summed E-state index contributed by atoms with van der Waals surface area (Å²) >= 11 is 0. The van der Waals surface area contributed by atoms with Crippen molar-refractivity contribution in [2.24, 2.45) is 0 Å². The fourth-order valence-electron chi connectivity index (χ4n) is 1.97. The number of rotatable bonds is 4. The van der Waals surface area contributed by atoms with Crippen molar-refractivity contribution in [2.45, 2.75) is 39.4 Å². The lowest BCUT2D eigenvalue weighted by Crippen LogP contribution is -2.36. The monoisotopic (exact) mass is 286 g/mol. The smallest absolute Gasteiger partial charge is 0.145 e. The number of nitrogens with one attached hydrogen (secondary N) is 1. The number of hydrogen-bond donors (Lipinski definition) is 1. The maximum atomic E-state index is 14.1. The zero-order valence-corrected chi connectivity index (χ0v) is 12.5. The van der Waals surface area contributed by atoms with E-state index < -0.39 is 5.82 Å². The molecule has 4 nitrogen and oxygen atoms in total. The van der Waals surface area contributed by atoms with E-state index in [0.717, 1.165) is 5.82 Å². The quantitative estimate of drug-likeness (QED) is 0.940. The van der Waals surface area contributed by atoms with E-state index in [-0.39, 0.29) is 11.1 Å². The highest BCUT2D eigenvalue weighted by molar-refractivity contribution is 5.35. The molecule has 0 aliphatic rings. The topological polar surface area (TPSA) is 53.6 Å². The minimum atomic E-state index is -0.455. The molecule has 0 bridgehead atoms. The molecule has 1 heterocycles. The molecule has 2 rings (SSSR count). The fourth-order valence-corrected chi connectivity index (χ4v) is 1.97. The van der Waals surface area contributed by atoms with Crippen LogP contribution in [0.15, 0.2) is 30.6 Å². The SMILES string of the molecule is CC(C)(C)NCc1nccn1Cc1cccc(C#N)c1F. The van der Waals surface area contributed by atoms with Crippen LogP contribution in [0.4, 0.5) is 4.39 Å². The molecular formula is C16H19FN4. The number of halogens is 1. The molecule has 0 radical (unpaired) electrons. The van der Waals surface area contributed by atoms with Crippen LogP contribution in [0.5, 0.6) is 0 Å². The van der Waals surface area contributed by atoms with Gasteiger partial charge < -0.3 is 9.88 Å². The minimum absolute atomic E-state index is 0.0112. The second-order valence-electron chi connectivity index (χ2n) is 5.97. The molecule has 2 aromatic rings. The van der Waals surface area contributed by atoms with Crippen molar-refractivity contribution >= 4 is 0 Å². The summed E-state index contributed by atoms with van der Waals surface area (Å²) < 4.78 is 16.0. The molecule has 0 unspecified atom stereocenters. The first-order chi connectivity index (χ1) is 9.90. The van der Waals surface area contributed by atoms with Gasteiger partial charge in [0.05, 0.1) is 18.7 Å². The van der Waals surface area contributed by atoms with E-state index in [1.165, 1.54) is 6.07 Å². The first-order valence-electron chi connectivity index (χ1n) is 6.83. The lowest BCUT2D eigenvalue weighted by atomic mass is 10.1. The van der Waals surface area contributed by atoms with Gasteiger partial charge in [0, 0.05) is 23.5 Å². The summed E-state index contributed by atoms with van der Waals surface area (Å²) in [5.74, 6) is 0.384. The second kappa shape index (κ2) is 6.06. The Bertz CT molecular complexity index is 662. The molecule has 0 fully saturated rings. The summed E-state index contributed by atoms with van der Waals surface area (Å²) in [5.41, 5.74) is 0.550. The van der Waals surface area contributed by atoms with Crippen molar-refractivity contribution in [3.63, 3.8) is 0 Å². The van der Waals surface area contributed by atoms with E-state index in [1.807, 2.05) is 16.8 Å². The summed E-state index contributed by atoms with van der Waals surface area (Å²) in [5, 5.41) is 12.2. The lowest BCUT2D eigenvalue weighted by molar-refractivity contribution is 0.412. The molecule has 1 aromatic carbocycles. The first-order valence-corrected chi connectivity index (χ1v) is 6.83. The lowest BCUT2D eigenvalue weighted by Gasteiger charge is -2.20. The van der Waals surface area contributed by atoms with Crippen molar-refractivity contribution in [3.8, 4) is 6.07 Å². The Balaban J connectivity index is 2.18. The Morgan fingerprint density at radius 1 is 1.38 bits per heavy atom. The number of hydrogen-bond acceptors (Lipinski definition) is 3. The van der Waals surface area contributed by atoms with E-state index in [4.69, 9.17) is 5.26 Å². The van der Waals surface area contributed by atoms with Crippen molar-refractivity contribution < 1.29 is 4.39 Å². The van der Waals surface area contributed by atoms with Crippen molar-refractivity contribution in [1.29, 1.82) is 5.26 Å². The zero-order chi connectivity index (χ0) is 15.5. The first kappa shape index (κ1) is 15.2. The largest absolute Gasteiger partial charge is 0.329 e. The molecule has 5 heteroatoms. The molecule has 1 aromatic heterocycles. The molecule has 1 N–H and O–H groups in total. The Kier molecular flexibility index (Phi) is 4.39. The van der Waals surface area contributed by atoms with E-state index in [2.05, 4.69) is 31.1 Å². The van der Waals surface area contributed by atoms with Crippen molar-refractivity contribution in [3.05, 3.63) is 53.4 Å². The molecular weight excluding hydrogens is 267 g/mol. The van der Waals surface area contributed by atoms with Crippen molar-refractivity contribution in [2.75, 3.05) is 0 Å². The Hall–Kier alpha value is -2.19. The molecule has 0 spiro atoms. The van der Waals surface area contributed by atoms with Crippen LogP contribution < -0.4 is 5.32 Å². The van der Waals surface area contributed by atoms with Crippen LogP contribution >= 0.6 is 0 Å². The van der Waals surface area contributed by atoms with E-state index >= 15 is 0 Å². The minimum Gasteiger partial charge on any atom is -0.329 e. The number of aromatic nitrogens is 2. The number of nitrogens with zero attached hydrogens (tertiary/aromatic N) is 3. The number of nitriles is 1. The van der Waals surface area contributed by atoms with Crippen LogP contribution in [0, 0.1) is 17.1 Å². The predicted octanol–water partition coefficient (Wildman–Crippen LogP) is 2.83. The maximum Gasteiger partial charge on any atom is 0.145 e. The Morgan fingerprint density at radius 2 is 2.14 bits per heavy atom.